The fraction of sp³-hybridized carbons (Fsp3) is 0.182. The summed E-state index contributed by atoms with van der Waals surface area (Å²) in [7, 11) is 0. The number of hydrogen-bond donors (Lipinski definition) is 1. The maximum Gasteiger partial charge on any atom is 0.339 e. The number of hydrogen-bond acceptors (Lipinski definition) is 4. The normalized spacial score (nSPS) is 10.6. The Morgan fingerprint density at radius 1 is 1.61 bits per heavy atom. The number of halogens is 1. The third-order valence-corrected chi connectivity index (χ3v) is 3.12. The number of rotatable bonds is 3. The molecule has 0 aliphatic rings. The molecular formula is C11H9IN2O4. The van der Waals surface area contributed by atoms with E-state index >= 15 is 0 Å². The molecule has 0 aliphatic carbocycles. The molecule has 2 rings (SSSR count). The quantitative estimate of drug-likeness (QED) is 0.839. The van der Waals surface area contributed by atoms with Crippen molar-refractivity contribution in [2.45, 2.75) is 13.5 Å². The van der Waals surface area contributed by atoms with E-state index in [4.69, 9.17) is 9.52 Å². The summed E-state index contributed by atoms with van der Waals surface area (Å²) in [5, 5.41) is 8.90. The number of aromatic carboxylic acids is 1. The van der Waals surface area contributed by atoms with Crippen molar-refractivity contribution >= 4 is 28.6 Å². The SMILES string of the molecule is Cc1oc(Cn2cncc(I)c2=O)cc1C(=O)O. The van der Waals surface area contributed by atoms with Crippen LogP contribution in [0, 0.1) is 10.5 Å². The minimum absolute atomic E-state index is 0.108. The van der Waals surface area contributed by atoms with Crippen molar-refractivity contribution in [3.05, 3.63) is 49.6 Å². The fourth-order valence-corrected chi connectivity index (χ4v) is 2.01. The van der Waals surface area contributed by atoms with E-state index in [1.54, 1.807) is 6.92 Å². The van der Waals surface area contributed by atoms with Crippen LogP contribution in [0.4, 0.5) is 0 Å². The van der Waals surface area contributed by atoms with Gasteiger partial charge in [0.2, 0.25) is 0 Å². The lowest BCUT2D eigenvalue weighted by Crippen LogP contribution is -2.22. The van der Waals surface area contributed by atoms with Gasteiger partial charge in [-0.1, -0.05) is 0 Å². The smallest absolute Gasteiger partial charge is 0.339 e. The zero-order valence-electron chi connectivity index (χ0n) is 9.38. The molecule has 0 fully saturated rings. The Morgan fingerprint density at radius 2 is 2.33 bits per heavy atom. The van der Waals surface area contributed by atoms with Gasteiger partial charge in [0, 0.05) is 6.20 Å². The van der Waals surface area contributed by atoms with Gasteiger partial charge in [0.05, 0.1) is 16.4 Å². The van der Waals surface area contributed by atoms with Crippen LogP contribution in [0.5, 0.6) is 0 Å². The van der Waals surface area contributed by atoms with Gasteiger partial charge in [-0.2, -0.15) is 0 Å². The van der Waals surface area contributed by atoms with Crippen molar-refractivity contribution < 1.29 is 14.3 Å². The molecule has 0 saturated carbocycles. The van der Waals surface area contributed by atoms with Crippen molar-refractivity contribution in [1.29, 1.82) is 0 Å². The molecule has 0 spiro atoms. The molecule has 0 atom stereocenters. The molecule has 0 amide bonds. The maximum atomic E-state index is 11.8. The molecule has 0 radical (unpaired) electrons. The highest BCUT2D eigenvalue weighted by Crippen LogP contribution is 2.15. The largest absolute Gasteiger partial charge is 0.478 e. The first kappa shape index (κ1) is 12.8. The monoisotopic (exact) mass is 360 g/mol. The lowest BCUT2D eigenvalue weighted by Gasteiger charge is -2.01. The molecular weight excluding hydrogens is 351 g/mol. The summed E-state index contributed by atoms with van der Waals surface area (Å²) >= 11 is 1.89. The van der Waals surface area contributed by atoms with Crippen LogP contribution < -0.4 is 5.56 Å². The summed E-state index contributed by atoms with van der Waals surface area (Å²) in [6.07, 6.45) is 2.86. The van der Waals surface area contributed by atoms with Gasteiger partial charge in [0.1, 0.15) is 17.1 Å². The topological polar surface area (TPSA) is 85.3 Å². The molecule has 0 unspecified atom stereocenters. The number of carboxylic acid groups (broad SMARTS) is 1. The summed E-state index contributed by atoms with van der Waals surface area (Å²) in [4.78, 5) is 26.5. The Labute approximate surface area is 115 Å². The van der Waals surface area contributed by atoms with Crippen LogP contribution in [0.1, 0.15) is 21.9 Å². The van der Waals surface area contributed by atoms with Gasteiger partial charge in [-0.15, -0.1) is 0 Å². The van der Waals surface area contributed by atoms with Crippen molar-refractivity contribution in [1.82, 2.24) is 9.55 Å². The zero-order valence-corrected chi connectivity index (χ0v) is 11.5. The van der Waals surface area contributed by atoms with Crippen LogP contribution in [0.2, 0.25) is 0 Å². The van der Waals surface area contributed by atoms with Crippen LogP contribution in [0.15, 0.2) is 27.8 Å². The van der Waals surface area contributed by atoms with E-state index in [0.29, 0.717) is 15.1 Å². The average molecular weight is 360 g/mol. The van der Waals surface area contributed by atoms with Crippen molar-refractivity contribution in [3.63, 3.8) is 0 Å². The summed E-state index contributed by atoms with van der Waals surface area (Å²) in [6, 6.07) is 1.42. The summed E-state index contributed by atoms with van der Waals surface area (Å²) in [6.45, 7) is 1.74. The molecule has 0 aliphatic heterocycles. The number of nitrogens with zero attached hydrogens (tertiary/aromatic N) is 2. The molecule has 0 bridgehead atoms. The average Bonchev–Trinajstić information content (AvgIpc) is 2.66. The Morgan fingerprint density at radius 3 is 2.94 bits per heavy atom. The van der Waals surface area contributed by atoms with E-state index in [1.807, 2.05) is 22.6 Å². The van der Waals surface area contributed by atoms with Gasteiger partial charge in [0.15, 0.2) is 0 Å². The highest BCUT2D eigenvalue weighted by Gasteiger charge is 2.14. The Bertz CT molecular complexity index is 659. The first-order chi connectivity index (χ1) is 8.49. The van der Waals surface area contributed by atoms with Crippen molar-refractivity contribution in [2.24, 2.45) is 0 Å². The molecule has 1 N–H and O–H groups in total. The second kappa shape index (κ2) is 4.92. The zero-order chi connectivity index (χ0) is 13.3. The molecule has 7 heteroatoms. The molecule has 0 saturated heterocycles. The molecule has 2 aromatic heterocycles. The lowest BCUT2D eigenvalue weighted by molar-refractivity contribution is 0.0695. The predicted octanol–water partition coefficient (Wildman–Crippen LogP) is 1.50. The van der Waals surface area contributed by atoms with Gasteiger partial charge in [-0.3, -0.25) is 9.36 Å². The van der Waals surface area contributed by atoms with Gasteiger partial charge in [-0.05, 0) is 35.6 Å². The summed E-state index contributed by atoms with van der Waals surface area (Å²) in [5.41, 5.74) is -0.0758. The van der Waals surface area contributed by atoms with Gasteiger partial charge >= 0.3 is 5.97 Å². The Balaban J connectivity index is 2.35. The summed E-state index contributed by atoms with van der Waals surface area (Å²) < 4.78 is 7.17. The van der Waals surface area contributed by atoms with Crippen LogP contribution >= 0.6 is 22.6 Å². The number of carboxylic acids is 1. The first-order valence-corrected chi connectivity index (χ1v) is 6.09. The van der Waals surface area contributed by atoms with Crippen molar-refractivity contribution in [2.75, 3.05) is 0 Å². The standard InChI is InChI=1S/C11H9IN2O4/c1-6-8(11(16)17)2-7(18-6)4-14-5-13-3-9(12)10(14)15/h2-3,5H,4H2,1H3,(H,16,17). The first-order valence-electron chi connectivity index (χ1n) is 5.01. The van der Waals surface area contributed by atoms with E-state index in [1.165, 1.54) is 23.2 Å². The van der Waals surface area contributed by atoms with Crippen LogP contribution in [-0.4, -0.2) is 20.6 Å². The molecule has 2 aromatic rings. The lowest BCUT2D eigenvalue weighted by atomic mass is 10.2. The third-order valence-electron chi connectivity index (χ3n) is 2.38. The molecule has 94 valence electrons. The molecule has 0 aromatic carbocycles. The maximum absolute atomic E-state index is 11.8. The van der Waals surface area contributed by atoms with Gasteiger partial charge in [-0.25, -0.2) is 9.78 Å². The second-order valence-corrected chi connectivity index (χ2v) is 4.82. The molecule has 6 nitrogen and oxygen atoms in total. The highest BCUT2D eigenvalue weighted by atomic mass is 127. The number of aryl methyl sites for hydroxylation is 1. The molecule has 18 heavy (non-hydrogen) atoms. The number of aromatic nitrogens is 2. The second-order valence-electron chi connectivity index (χ2n) is 3.66. The van der Waals surface area contributed by atoms with E-state index in [-0.39, 0.29) is 17.7 Å². The Hall–Kier alpha value is -1.64. The summed E-state index contributed by atoms with van der Waals surface area (Å²) in [5.74, 6) is -0.310. The fourth-order valence-electron chi connectivity index (χ4n) is 1.54. The minimum atomic E-state index is -1.05. The predicted molar refractivity (Wildman–Crippen MR) is 70.7 cm³/mol. The third kappa shape index (κ3) is 2.45. The minimum Gasteiger partial charge on any atom is -0.478 e. The van der Waals surface area contributed by atoms with E-state index in [9.17, 15) is 9.59 Å². The highest BCUT2D eigenvalue weighted by molar-refractivity contribution is 14.1. The number of furan rings is 1. The van der Waals surface area contributed by atoms with Gasteiger partial charge < -0.3 is 9.52 Å². The van der Waals surface area contributed by atoms with E-state index < -0.39 is 5.97 Å². The number of carbonyl (C=O) groups is 1. The van der Waals surface area contributed by atoms with Crippen LogP contribution in [0.25, 0.3) is 0 Å². The van der Waals surface area contributed by atoms with E-state index in [0.717, 1.165) is 0 Å². The van der Waals surface area contributed by atoms with Gasteiger partial charge in [0.25, 0.3) is 5.56 Å². The van der Waals surface area contributed by atoms with E-state index in [2.05, 4.69) is 4.98 Å². The van der Waals surface area contributed by atoms with Crippen LogP contribution in [-0.2, 0) is 6.54 Å². The van der Waals surface area contributed by atoms with Crippen LogP contribution in [0.3, 0.4) is 0 Å². The van der Waals surface area contributed by atoms with Crippen molar-refractivity contribution in [3.8, 4) is 0 Å². The Kier molecular flexibility index (Phi) is 3.50. The molecule has 2 heterocycles.